The SMILES string of the molecule is CCCN(CC)Cc1ccccc1CNCC. The molecule has 0 spiro atoms. The summed E-state index contributed by atoms with van der Waals surface area (Å²) in [5.74, 6) is 0. The molecule has 1 aromatic carbocycles. The highest BCUT2D eigenvalue weighted by Crippen LogP contribution is 2.12. The minimum absolute atomic E-state index is 0.982. The van der Waals surface area contributed by atoms with Crippen LogP contribution in [0.5, 0.6) is 0 Å². The van der Waals surface area contributed by atoms with Gasteiger partial charge in [-0.25, -0.2) is 0 Å². The second-order valence-corrected chi connectivity index (χ2v) is 4.42. The van der Waals surface area contributed by atoms with Crippen LogP contribution >= 0.6 is 0 Å². The molecular weight excluding hydrogens is 208 g/mol. The standard InChI is InChI=1S/C15H26N2/c1-4-11-17(6-3)13-15-10-8-7-9-14(15)12-16-5-2/h7-10,16H,4-6,11-13H2,1-3H3. The van der Waals surface area contributed by atoms with E-state index >= 15 is 0 Å². The summed E-state index contributed by atoms with van der Waals surface area (Å²) in [6, 6.07) is 8.76. The molecule has 0 atom stereocenters. The molecule has 17 heavy (non-hydrogen) atoms. The molecule has 96 valence electrons. The minimum atomic E-state index is 0.982. The van der Waals surface area contributed by atoms with Crippen molar-refractivity contribution in [1.29, 1.82) is 0 Å². The highest BCUT2D eigenvalue weighted by molar-refractivity contribution is 5.26. The van der Waals surface area contributed by atoms with Gasteiger partial charge in [0.05, 0.1) is 0 Å². The zero-order chi connectivity index (χ0) is 12.5. The second kappa shape index (κ2) is 8.26. The van der Waals surface area contributed by atoms with Crippen LogP contribution in [0.1, 0.15) is 38.3 Å². The fraction of sp³-hybridized carbons (Fsp3) is 0.600. The minimum Gasteiger partial charge on any atom is -0.313 e. The van der Waals surface area contributed by atoms with E-state index in [0.29, 0.717) is 0 Å². The van der Waals surface area contributed by atoms with E-state index in [9.17, 15) is 0 Å². The first kappa shape index (κ1) is 14.2. The summed E-state index contributed by atoms with van der Waals surface area (Å²) < 4.78 is 0. The molecule has 0 saturated heterocycles. The van der Waals surface area contributed by atoms with Crippen LogP contribution < -0.4 is 5.32 Å². The molecule has 0 amide bonds. The largest absolute Gasteiger partial charge is 0.313 e. The Morgan fingerprint density at radius 1 is 1.06 bits per heavy atom. The van der Waals surface area contributed by atoms with Crippen molar-refractivity contribution in [2.45, 2.75) is 40.3 Å². The summed E-state index contributed by atoms with van der Waals surface area (Å²) in [6.45, 7) is 12.0. The molecule has 0 saturated carbocycles. The molecule has 0 aromatic heterocycles. The molecule has 1 rings (SSSR count). The van der Waals surface area contributed by atoms with Crippen LogP contribution in [0.25, 0.3) is 0 Å². The van der Waals surface area contributed by atoms with Gasteiger partial charge in [-0.1, -0.05) is 45.0 Å². The van der Waals surface area contributed by atoms with Crippen LogP contribution in [-0.2, 0) is 13.1 Å². The first-order chi connectivity index (χ1) is 8.31. The van der Waals surface area contributed by atoms with Gasteiger partial charge in [0.25, 0.3) is 0 Å². The normalized spacial score (nSPS) is 11.1. The molecule has 0 heterocycles. The Morgan fingerprint density at radius 3 is 2.35 bits per heavy atom. The summed E-state index contributed by atoms with van der Waals surface area (Å²) in [4.78, 5) is 2.50. The van der Waals surface area contributed by atoms with Crippen LogP contribution in [0, 0.1) is 0 Å². The van der Waals surface area contributed by atoms with Crippen molar-refractivity contribution in [3.05, 3.63) is 35.4 Å². The Morgan fingerprint density at radius 2 is 1.76 bits per heavy atom. The van der Waals surface area contributed by atoms with Gasteiger partial charge in [0, 0.05) is 13.1 Å². The number of hydrogen-bond acceptors (Lipinski definition) is 2. The maximum Gasteiger partial charge on any atom is 0.0236 e. The lowest BCUT2D eigenvalue weighted by Crippen LogP contribution is -2.25. The van der Waals surface area contributed by atoms with Crippen molar-refractivity contribution in [2.24, 2.45) is 0 Å². The highest BCUT2D eigenvalue weighted by atomic mass is 15.1. The molecule has 1 aromatic rings. The van der Waals surface area contributed by atoms with Crippen molar-refractivity contribution in [1.82, 2.24) is 10.2 Å². The molecule has 1 N–H and O–H groups in total. The monoisotopic (exact) mass is 234 g/mol. The van der Waals surface area contributed by atoms with E-state index in [-0.39, 0.29) is 0 Å². The first-order valence-electron chi connectivity index (χ1n) is 6.81. The molecular formula is C15H26N2. The van der Waals surface area contributed by atoms with Gasteiger partial charge in [0.2, 0.25) is 0 Å². The lowest BCUT2D eigenvalue weighted by Gasteiger charge is -2.21. The first-order valence-corrected chi connectivity index (χ1v) is 6.81. The van der Waals surface area contributed by atoms with Gasteiger partial charge in [0.1, 0.15) is 0 Å². The van der Waals surface area contributed by atoms with E-state index in [1.807, 2.05) is 0 Å². The zero-order valence-corrected chi connectivity index (χ0v) is 11.5. The van der Waals surface area contributed by atoms with E-state index in [1.54, 1.807) is 0 Å². The molecule has 2 heteroatoms. The number of hydrogen-bond donors (Lipinski definition) is 1. The van der Waals surface area contributed by atoms with Gasteiger partial charge in [-0.15, -0.1) is 0 Å². The molecule has 0 bridgehead atoms. The summed E-state index contributed by atoms with van der Waals surface area (Å²) in [6.07, 6.45) is 1.23. The van der Waals surface area contributed by atoms with E-state index in [2.05, 4.69) is 55.3 Å². The third kappa shape index (κ3) is 4.88. The van der Waals surface area contributed by atoms with E-state index < -0.39 is 0 Å². The van der Waals surface area contributed by atoms with Gasteiger partial charge >= 0.3 is 0 Å². The molecule has 2 nitrogen and oxygen atoms in total. The quantitative estimate of drug-likeness (QED) is 0.744. The predicted molar refractivity (Wildman–Crippen MR) is 75.1 cm³/mol. The fourth-order valence-corrected chi connectivity index (χ4v) is 2.05. The molecule has 0 aliphatic heterocycles. The second-order valence-electron chi connectivity index (χ2n) is 4.42. The van der Waals surface area contributed by atoms with E-state index in [0.717, 1.165) is 26.2 Å². The summed E-state index contributed by atoms with van der Waals surface area (Å²) in [5, 5.41) is 3.41. The van der Waals surface area contributed by atoms with Crippen molar-refractivity contribution < 1.29 is 0 Å². The lowest BCUT2D eigenvalue weighted by atomic mass is 10.1. The Bertz CT molecular complexity index is 310. The number of nitrogens with zero attached hydrogens (tertiary/aromatic N) is 1. The third-order valence-corrected chi connectivity index (χ3v) is 3.06. The fourth-order valence-electron chi connectivity index (χ4n) is 2.05. The number of rotatable bonds is 8. The zero-order valence-electron chi connectivity index (χ0n) is 11.5. The van der Waals surface area contributed by atoms with Crippen molar-refractivity contribution >= 4 is 0 Å². The van der Waals surface area contributed by atoms with Crippen molar-refractivity contribution in [2.75, 3.05) is 19.6 Å². The number of benzene rings is 1. The van der Waals surface area contributed by atoms with Gasteiger partial charge in [-0.2, -0.15) is 0 Å². The molecule has 0 fully saturated rings. The van der Waals surface area contributed by atoms with E-state index in [1.165, 1.54) is 24.1 Å². The summed E-state index contributed by atoms with van der Waals surface area (Å²) in [7, 11) is 0. The van der Waals surface area contributed by atoms with Crippen LogP contribution in [0.4, 0.5) is 0 Å². The van der Waals surface area contributed by atoms with Gasteiger partial charge in [-0.05, 0) is 37.2 Å². The molecule has 0 aliphatic rings. The van der Waals surface area contributed by atoms with Crippen molar-refractivity contribution in [3.63, 3.8) is 0 Å². The Kier molecular flexibility index (Phi) is 6.90. The maximum absolute atomic E-state index is 3.41. The van der Waals surface area contributed by atoms with Crippen LogP contribution in [0.3, 0.4) is 0 Å². The predicted octanol–water partition coefficient (Wildman–Crippen LogP) is 3.03. The third-order valence-electron chi connectivity index (χ3n) is 3.06. The lowest BCUT2D eigenvalue weighted by molar-refractivity contribution is 0.279. The Hall–Kier alpha value is -0.860. The average Bonchev–Trinajstić information content (AvgIpc) is 2.37. The van der Waals surface area contributed by atoms with Crippen LogP contribution in [-0.4, -0.2) is 24.5 Å². The Balaban J connectivity index is 2.67. The van der Waals surface area contributed by atoms with Gasteiger partial charge in [-0.3, -0.25) is 4.90 Å². The van der Waals surface area contributed by atoms with Crippen LogP contribution in [0.2, 0.25) is 0 Å². The summed E-state index contributed by atoms with van der Waals surface area (Å²) in [5.41, 5.74) is 2.90. The van der Waals surface area contributed by atoms with Crippen molar-refractivity contribution in [3.8, 4) is 0 Å². The highest BCUT2D eigenvalue weighted by Gasteiger charge is 2.06. The maximum atomic E-state index is 3.41. The molecule has 0 unspecified atom stereocenters. The van der Waals surface area contributed by atoms with Gasteiger partial charge < -0.3 is 5.32 Å². The molecule has 0 radical (unpaired) electrons. The smallest absolute Gasteiger partial charge is 0.0236 e. The Labute approximate surface area is 106 Å². The number of nitrogens with one attached hydrogen (secondary N) is 1. The topological polar surface area (TPSA) is 15.3 Å². The van der Waals surface area contributed by atoms with Crippen LogP contribution in [0.15, 0.2) is 24.3 Å². The average molecular weight is 234 g/mol. The molecule has 0 aliphatic carbocycles. The van der Waals surface area contributed by atoms with E-state index in [4.69, 9.17) is 0 Å². The summed E-state index contributed by atoms with van der Waals surface area (Å²) >= 11 is 0. The van der Waals surface area contributed by atoms with Gasteiger partial charge in [0.15, 0.2) is 0 Å².